The molecule has 36 heavy (non-hydrogen) atoms. The molecule has 1 atom stereocenters. The first-order valence-corrected chi connectivity index (χ1v) is 12.7. The Balaban J connectivity index is 1.35. The van der Waals surface area contributed by atoms with E-state index in [0.29, 0.717) is 33.4 Å². The molecule has 5 nitrogen and oxygen atoms in total. The topological polar surface area (TPSA) is 78.7 Å². The molecular weight excluding hydrogens is 464 g/mol. The van der Waals surface area contributed by atoms with Crippen LogP contribution in [0.4, 0.5) is 5.00 Å². The lowest BCUT2D eigenvalue weighted by Crippen LogP contribution is -2.13. The summed E-state index contributed by atoms with van der Waals surface area (Å²) in [5, 5.41) is 14.4. The number of nitriles is 1. The van der Waals surface area contributed by atoms with Crippen LogP contribution in [0.1, 0.15) is 44.3 Å². The number of hydrogen-bond donors (Lipinski definition) is 1. The Kier molecular flexibility index (Phi) is 5.76. The summed E-state index contributed by atoms with van der Waals surface area (Å²) in [7, 11) is 0. The Bertz CT molecular complexity index is 1620. The molecule has 0 saturated carbocycles. The lowest BCUT2D eigenvalue weighted by molar-refractivity contribution is 0.102. The molecule has 1 aliphatic rings. The van der Waals surface area contributed by atoms with Crippen molar-refractivity contribution in [2.24, 2.45) is 0 Å². The van der Waals surface area contributed by atoms with Gasteiger partial charge in [-0.3, -0.25) is 9.78 Å². The molecule has 174 valence electrons. The second-order valence-corrected chi connectivity index (χ2v) is 10.0. The summed E-state index contributed by atoms with van der Waals surface area (Å²) in [6.07, 6.45) is 4.44. The van der Waals surface area contributed by atoms with Gasteiger partial charge in [0.05, 0.1) is 28.0 Å². The molecule has 3 heterocycles. The number of rotatable bonds is 4. The third-order valence-corrected chi connectivity index (χ3v) is 7.93. The molecule has 1 N–H and O–H groups in total. The number of thiophene rings is 1. The number of aromatic nitrogens is 2. The largest absolute Gasteiger partial charge is 0.312 e. The van der Waals surface area contributed by atoms with Gasteiger partial charge in [-0.05, 0) is 60.6 Å². The molecule has 5 aromatic rings. The van der Waals surface area contributed by atoms with Crippen LogP contribution in [0.15, 0.2) is 85.1 Å². The smallest absolute Gasteiger partial charge is 0.257 e. The normalized spacial score (nSPS) is 14.7. The van der Waals surface area contributed by atoms with Crippen molar-refractivity contribution in [3.63, 3.8) is 0 Å². The Morgan fingerprint density at radius 2 is 1.81 bits per heavy atom. The van der Waals surface area contributed by atoms with E-state index >= 15 is 0 Å². The van der Waals surface area contributed by atoms with Gasteiger partial charge in [-0.1, -0.05) is 54.6 Å². The van der Waals surface area contributed by atoms with Crippen LogP contribution in [0.25, 0.3) is 22.3 Å². The first-order valence-electron chi connectivity index (χ1n) is 11.9. The van der Waals surface area contributed by atoms with Gasteiger partial charge in [0, 0.05) is 16.5 Å². The van der Waals surface area contributed by atoms with E-state index < -0.39 is 0 Å². The minimum absolute atomic E-state index is 0.250. The van der Waals surface area contributed by atoms with E-state index in [-0.39, 0.29) is 5.91 Å². The van der Waals surface area contributed by atoms with Crippen LogP contribution in [0, 0.1) is 11.3 Å². The lowest BCUT2D eigenvalue weighted by atomic mass is 9.83. The van der Waals surface area contributed by atoms with Gasteiger partial charge in [-0.2, -0.15) is 5.26 Å². The maximum atomic E-state index is 13.6. The first kappa shape index (κ1) is 22.1. The average molecular weight is 487 g/mol. The fourth-order valence-corrected chi connectivity index (χ4v) is 6.25. The van der Waals surface area contributed by atoms with E-state index in [1.165, 1.54) is 21.8 Å². The van der Waals surface area contributed by atoms with Crippen LogP contribution in [-0.4, -0.2) is 15.9 Å². The number of para-hydroxylation sites is 1. The van der Waals surface area contributed by atoms with Gasteiger partial charge in [-0.25, -0.2) is 4.98 Å². The number of nitrogens with zero attached hydrogens (tertiary/aromatic N) is 3. The third kappa shape index (κ3) is 4.04. The monoisotopic (exact) mass is 486 g/mol. The molecule has 0 radical (unpaired) electrons. The van der Waals surface area contributed by atoms with Gasteiger partial charge in [-0.15, -0.1) is 11.3 Å². The van der Waals surface area contributed by atoms with E-state index in [0.717, 1.165) is 35.7 Å². The first-order chi connectivity index (χ1) is 17.7. The molecule has 2 aromatic carbocycles. The molecule has 0 spiro atoms. The number of hydrogen-bond acceptors (Lipinski definition) is 5. The van der Waals surface area contributed by atoms with Gasteiger partial charge in [0.2, 0.25) is 0 Å². The van der Waals surface area contributed by atoms with E-state index in [1.54, 1.807) is 12.3 Å². The van der Waals surface area contributed by atoms with Crippen molar-refractivity contribution in [2.45, 2.75) is 25.2 Å². The Morgan fingerprint density at radius 3 is 2.61 bits per heavy atom. The van der Waals surface area contributed by atoms with Gasteiger partial charge >= 0.3 is 0 Å². The predicted octanol–water partition coefficient (Wildman–Crippen LogP) is 6.75. The fraction of sp³-hybridized carbons (Fsp3) is 0.133. The van der Waals surface area contributed by atoms with E-state index in [2.05, 4.69) is 40.6 Å². The van der Waals surface area contributed by atoms with Crippen LogP contribution in [0.5, 0.6) is 0 Å². The maximum Gasteiger partial charge on any atom is 0.257 e. The standard InChI is InChI=1S/C30H22N4OS/c31-18-24-22-14-13-20(19-8-2-1-3-9-19)16-28(22)36-30(24)34-29(35)23-17-27(26-12-6-7-15-32-26)33-25-11-5-4-10-21(23)25/h1-12,15,17,20H,13-14,16H2,(H,34,35). The zero-order chi connectivity index (χ0) is 24.5. The lowest BCUT2D eigenvalue weighted by Gasteiger charge is -2.22. The van der Waals surface area contributed by atoms with Crippen molar-refractivity contribution >= 4 is 33.1 Å². The molecule has 1 amide bonds. The van der Waals surface area contributed by atoms with E-state index in [1.807, 2.05) is 48.5 Å². The summed E-state index contributed by atoms with van der Waals surface area (Å²) in [4.78, 5) is 23.9. The van der Waals surface area contributed by atoms with Crippen LogP contribution >= 0.6 is 11.3 Å². The Hall–Kier alpha value is -4.34. The van der Waals surface area contributed by atoms with E-state index in [9.17, 15) is 10.1 Å². The molecule has 6 rings (SSSR count). The Labute approximate surface area is 213 Å². The average Bonchev–Trinajstić information content (AvgIpc) is 3.29. The van der Waals surface area contributed by atoms with Crippen molar-refractivity contribution in [3.05, 3.63) is 112 Å². The van der Waals surface area contributed by atoms with Gasteiger partial charge in [0.15, 0.2) is 0 Å². The van der Waals surface area contributed by atoms with Crippen molar-refractivity contribution in [3.8, 4) is 17.5 Å². The molecule has 0 aliphatic heterocycles. The van der Waals surface area contributed by atoms with Crippen LogP contribution in [-0.2, 0) is 12.8 Å². The van der Waals surface area contributed by atoms with Gasteiger partial charge < -0.3 is 5.32 Å². The summed E-state index contributed by atoms with van der Waals surface area (Å²) in [6.45, 7) is 0. The summed E-state index contributed by atoms with van der Waals surface area (Å²) in [6, 6.07) is 27.9. The third-order valence-electron chi connectivity index (χ3n) is 6.76. The maximum absolute atomic E-state index is 13.6. The molecule has 6 heteroatoms. The van der Waals surface area contributed by atoms with Crippen molar-refractivity contribution in [1.82, 2.24) is 9.97 Å². The van der Waals surface area contributed by atoms with Crippen LogP contribution in [0.3, 0.4) is 0 Å². The number of amides is 1. The highest BCUT2D eigenvalue weighted by Crippen LogP contribution is 2.42. The second-order valence-electron chi connectivity index (χ2n) is 8.91. The van der Waals surface area contributed by atoms with Crippen molar-refractivity contribution < 1.29 is 4.79 Å². The van der Waals surface area contributed by atoms with Crippen molar-refractivity contribution in [2.75, 3.05) is 5.32 Å². The fourth-order valence-electron chi connectivity index (χ4n) is 4.98. The molecule has 3 aromatic heterocycles. The summed E-state index contributed by atoms with van der Waals surface area (Å²) in [5.41, 5.74) is 5.58. The summed E-state index contributed by atoms with van der Waals surface area (Å²) >= 11 is 1.53. The van der Waals surface area contributed by atoms with E-state index in [4.69, 9.17) is 4.98 Å². The molecule has 1 aliphatic carbocycles. The summed E-state index contributed by atoms with van der Waals surface area (Å²) < 4.78 is 0. The number of anilines is 1. The number of fused-ring (bicyclic) bond motifs is 2. The Morgan fingerprint density at radius 1 is 1.00 bits per heavy atom. The molecule has 0 saturated heterocycles. The minimum atomic E-state index is -0.250. The zero-order valence-electron chi connectivity index (χ0n) is 19.4. The number of carbonyl (C=O) groups is 1. The van der Waals surface area contributed by atoms with Crippen molar-refractivity contribution in [1.29, 1.82) is 5.26 Å². The predicted molar refractivity (Wildman–Crippen MR) is 143 cm³/mol. The minimum Gasteiger partial charge on any atom is -0.312 e. The number of nitrogens with one attached hydrogen (secondary N) is 1. The molecular formula is C30H22N4OS. The second kappa shape index (κ2) is 9.37. The number of pyridine rings is 2. The molecule has 0 bridgehead atoms. The quantitative estimate of drug-likeness (QED) is 0.305. The highest BCUT2D eigenvalue weighted by Gasteiger charge is 2.27. The number of benzene rings is 2. The number of carbonyl (C=O) groups excluding carboxylic acids is 1. The van der Waals surface area contributed by atoms with Crippen LogP contribution in [0.2, 0.25) is 0 Å². The van der Waals surface area contributed by atoms with Gasteiger partial charge in [0.25, 0.3) is 5.91 Å². The summed E-state index contributed by atoms with van der Waals surface area (Å²) in [5.74, 6) is 0.179. The van der Waals surface area contributed by atoms with Gasteiger partial charge in [0.1, 0.15) is 11.1 Å². The molecule has 0 fully saturated rings. The SMILES string of the molecule is N#Cc1c(NC(=O)c2cc(-c3ccccn3)nc3ccccc23)sc2c1CCC(c1ccccc1)C2. The molecule has 1 unspecified atom stereocenters. The van der Waals surface area contributed by atoms with Crippen LogP contribution < -0.4 is 5.32 Å². The highest BCUT2D eigenvalue weighted by atomic mass is 32.1. The highest BCUT2D eigenvalue weighted by molar-refractivity contribution is 7.16. The zero-order valence-corrected chi connectivity index (χ0v) is 20.3.